The van der Waals surface area contributed by atoms with E-state index in [9.17, 15) is 0 Å². The molecule has 0 N–H and O–H groups in total. The van der Waals surface area contributed by atoms with E-state index >= 15 is 0 Å². The fourth-order valence-electron chi connectivity index (χ4n) is 3.99. The summed E-state index contributed by atoms with van der Waals surface area (Å²) in [7, 11) is 0. The van der Waals surface area contributed by atoms with Crippen molar-refractivity contribution in [2.45, 2.75) is 78.8 Å². The van der Waals surface area contributed by atoms with E-state index in [1.165, 1.54) is 32.2 Å². The summed E-state index contributed by atoms with van der Waals surface area (Å²) in [6, 6.07) is 0.853. The third kappa shape index (κ3) is 2.86. The minimum absolute atomic E-state index is 0.357. The molecule has 0 amide bonds. The topological polar surface area (TPSA) is 3.24 Å². The number of fused-ring (bicyclic) bond motifs is 2. The van der Waals surface area contributed by atoms with Crippen LogP contribution in [0.2, 0.25) is 0 Å². The van der Waals surface area contributed by atoms with Crippen molar-refractivity contribution in [3.05, 3.63) is 0 Å². The molecule has 1 saturated carbocycles. The van der Waals surface area contributed by atoms with Gasteiger partial charge >= 0.3 is 0 Å². The van der Waals surface area contributed by atoms with E-state index < -0.39 is 0 Å². The van der Waals surface area contributed by atoms with Crippen LogP contribution >= 0.6 is 0 Å². The highest BCUT2D eigenvalue weighted by atomic mass is 15.2. The van der Waals surface area contributed by atoms with Gasteiger partial charge in [-0.2, -0.15) is 0 Å². The van der Waals surface area contributed by atoms with Crippen LogP contribution in [0.3, 0.4) is 0 Å². The van der Waals surface area contributed by atoms with E-state index in [0.29, 0.717) is 11.0 Å². The smallest absolute Gasteiger partial charge is 0.0127 e. The predicted octanol–water partition coefficient (Wildman–Crippen LogP) is 4.32. The number of piperidine rings is 1. The Bertz CT molecular complexity index is 268. The number of rotatable bonds is 0. The Kier molecular flexibility index (Phi) is 3.36. The molecule has 0 aromatic heterocycles. The van der Waals surface area contributed by atoms with Crippen LogP contribution in [0.5, 0.6) is 0 Å². The van der Waals surface area contributed by atoms with E-state index in [1.54, 1.807) is 0 Å². The van der Waals surface area contributed by atoms with Crippen molar-refractivity contribution in [2.75, 3.05) is 6.54 Å². The van der Waals surface area contributed by atoms with Gasteiger partial charge in [-0.1, -0.05) is 20.8 Å². The van der Waals surface area contributed by atoms with E-state index in [0.717, 1.165) is 17.9 Å². The van der Waals surface area contributed by atoms with Crippen LogP contribution in [0.1, 0.15) is 67.2 Å². The van der Waals surface area contributed by atoms with Crippen LogP contribution in [0, 0.1) is 17.3 Å². The van der Waals surface area contributed by atoms with E-state index in [1.807, 2.05) is 0 Å². The van der Waals surface area contributed by atoms with Crippen molar-refractivity contribution in [3.63, 3.8) is 0 Å². The van der Waals surface area contributed by atoms with Crippen LogP contribution in [0.15, 0.2) is 0 Å². The summed E-state index contributed by atoms with van der Waals surface area (Å²) in [5.41, 5.74) is 0.854. The summed E-state index contributed by atoms with van der Waals surface area (Å²) in [6.45, 7) is 15.8. The van der Waals surface area contributed by atoms with Crippen molar-refractivity contribution in [1.29, 1.82) is 0 Å². The molecule has 100 valence electrons. The highest BCUT2D eigenvalue weighted by molar-refractivity contribution is 4.96. The van der Waals surface area contributed by atoms with Gasteiger partial charge in [0.1, 0.15) is 0 Å². The zero-order valence-corrected chi connectivity index (χ0v) is 12.7. The first-order chi connectivity index (χ1) is 7.68. The Labute approximate surface area is 108 Å². The highest BCUT2D eigenvalue weighted by Gasteiger charge is 2.42. The second-order valence-electron chi connectivity index (χ2n) is 8.44. The number of hydrogen-bond acceptors (Lipinski definition) is 1. The maximum atomic E-state index is 2.78. The van der Waals surface area contributed by atoms with Gasteiger partial charge in [0.15, 0.2) is 0 Å². The molecular formula is C16H31N. The first-order valence-corrected chi connectivity index (χ1v) is 7.44. The van der Waals surface area contributed by atoms with Gasteiger partial charge in [-0.25, -0.2) is 0 Å². The third-order valence-electron chi connectivity index (χ3n) is 5.09. The number of hydrogen-bond donors (Lipinski definition) is 0. The lowest BCUT2D eigenvalue weighted by atomic mass is 9.65. The second-order valence-corrected chi connectivity index (χ2v) is 8.44. The SMILES string of the molecule is CC(C)(C)C1CC2CCN(C(C)(C)C)C(C2)C1. The number of nitrogens with zero attached hydrogens (tertiary/aromatic N) is 1. The molecule has 1 saturated heterocycles. The van der Waals surface area contributed by atoms with Crippen molar-refractivity contribution < 1.29 is 0 Å². The van der Waals surface area contributed by atoms with E-state index in [2.05, 4.69) is 46.4 Å². The first kappa shape index (κ1) is 13.4. The van der Waals surface area contributed by atoms with E-state index in [-0.39, 0.29) is 0 Å². The first-order valence-electron chi connectivity index (χ1n) is 7.44. The molecule has 0 spiro atoms. The zero-order valence-electron chi connectivity index (χ0n) is 12.7. The molecule has 2 bridgehead atoms. The van der Waals surface area contributed by atoms with Crippen LogP contribution in [-0.2, 0) is 0 Å². The van der Waals surface area contributed by atoms with Crippen molar-refractivity contribution in [2.24, 2.45) is 17.3 Å². The molecule has 1 nitrogen and oxygen atoms in total. The van der Waals surface area contributed by atoms with Gasteiger partial charge in [-0.05, 0) is 70.3 Å². The van der Waals surface area contributed by atoms with Crippen molar-refractivity contribution in [3.8, 4) is 0 Å². The molecule has 0 radical (unpaired) electrons. The lowest BCUT2D eigenvalue weighted by molar-refractivity contribution is -0.0313. The average Bonchev–Trinajstić information content (AvgIpc) is 2.13. The normalized spacial score (nSPS) is 36.0. The standard InChI is InChI=1S/C16H31N/c1-15(2,3)13-9-12-7-8-17(16(4,5)6)14(10-12)11-13/h12-14H,7-11H2,1-6H3. The predicted molar refractivity (Wildman–Crippen MR) is 75.2 cm³/mol. The Morgan fingerprint density at radius 1 is 0.882 bits per heavy atom. The maximum Gasteiger partial charge on any atom is 0.0127 e. The fourth-order valence-corrected chi connectivity index (χ4v) is 3.99. The number of likely N-dealkylation sites (tertiary alicyclic amines) is 1. The van der Waals surface area contributed by atoms with Gasteiger partial charge in [0.2, 0.25) is 0 Å². The molecule has 0 aromatic carbocycles. The lowest BCUT2D eigenvalue weighted by Crippen LogP contribution is -2.55. The van der Waals surface area contributed by atoms with Crippen LogP contribution in [-0.4, -0.2) is 23.0 Å². The molecule has 3 unspecified atom stereocenters. The lowest BCUT2D eigenvalue weighted by Gasteiger charge is -2.53. The van der Waals surface area contributed by atoms with Crippen LogP contribution in [0.25, 0.3) is 0 Å². The third-order valence-corrected chi connectivity index (χ3v) is 5.09. The Balaban J connectivity index is 2.11. The van der Waals surface area contributed by atoms with Gasteiger partial charge in [0, 0.05) is 11.6 Å². The minimum Gasteiger partial charge on any atom is -0.296 e. The molecule has 0 aromatic rings. The summed E-state index contributed by atoms with van der Waals surface area (Å²) in [4.78, 5) is 2.78. The summed E-state index contributed by atoms with van der Waals surface area (Å²) < 4.78 is 0. The Morgan fingerprint density at radius 3 is 2.06 bits per heavy atom. The second kappa shape index (κ2) is 4.26. The van der Waals surface area contributed by atoms with Gasteiger partial charge in [-0.15, -0.1) is 0 Å². The quantitative estimate of drug-likeness (QED) is 0.606. The minimum atomic E-state index is 0.357. The molecule has 3 atom stereocenters. The molecule has 1 heterocycles. The monoisotopic (exact) mass is 237 g/mol. The fraction of sp³-hybridized carbons (Fsp3) is 1.00. The maximum absolute atomic E-state index is 2.78. The molecular weight excluding hydrogens is 206 g/mol. The van der Waals surface area contributed by atoms with Gasteiger partial charge in [0.05, 0.1) is 0 Å². The molecule has 1 aliphatic carbocycles. The summed E-state index contributed by atoms with van der Waals surface area (Å²) in [5.74, 6) is 1.94. The van der Waals surface area contributed by atoms with E-state index in [4.69, 9.17) is 0 Å². The molecule has 2 aliphatic rings. The highest BCUT2D eigenvalue weighted by Crippen LogP contribution is 2.46. The van der Waals surface area contributed by atoms with Gasteiger partial charge in [-0.3, -0.25) is 4.90 Å². The molecule has 17 heavy (non-hydrogen) atoms. The molecule has 1 aliphatic heterocycles. The summed E-state index contributed by atoms with van der Waals surface area (Å²) >= 11 is 0. The molecule has 2 fully saturated rings. The van der Waals surface area contributed by atoms with Gasteiger partial charge in [0.25, 0.3) is 0 Å². The van der Waals surface area contributed by atoms with Gasteiger partial charge < -0.3 is 0 Å². The Hall–Kier alpha value is -0.0400. The molecule has 2 rings (SSSR count). The van der Waals surface area contributed by atoms with Crippen molar-refractivity contribution >= 4 is 0 Å². The zero-order chi connectivity index (χ0) is 12.8. The molecule has 1 heteroatoms. The van der Waals surface area contributed by atoms with Crippen LogP contribution in [0.4, 0.5) is 0 Å². The summed E-state index contributed by atoms with van der Waals surface area (Å²) in [6.07, 6.45) is 5.81. The largest absolute Gasteiger partial charge is 0.296 e. The Morgan fingerprint density at radius 2 is 1.53 bits per heavy atom. The average molecular weight is 237 g/mol. The summed E-state index contributed by atoms with van der Waals surface area (Å²) in [5, 5.41) is 0. The van der Waals surface area contributed by atoms with Crippen molar-refractivity contribution in [1.82, 2.24) is 4.90 Å². The van der Waals surface area contributed by atoms with Crippen LogP contribution < -0.4 is 0 Å².